The van der Waals surface area contributed by atoms with Gasteiger partial charge in [-0.3, -0.25) is 0 Å². The molecule has 6 heteroatoms. The van der Waals surface area contributed by atoms with Gasteiger partial charge in [-0.2, -0.15) is 12.6 Å². The number of ether oxygens (including phenoxy) is 4. The fraction of sp³-hybridized carbons (Fsp3) is 0.250. The molecule has 0 aromatic heterocycles. The Hall–Kier alpha value is -4.99. The van der Waals surface area contributed by atoms with Gasteiger partial charge in [-0.15, -0.1) is 0 Å². The molecule has 0 amide bonds. The average Bonchev–Trinajstić information content (AvgIpc) is 3.26. The highest BCUT2D eigenvalue weighted by Crippen LogP contribution is 2.55. The van der Waals surface area contributed by atoms with E-state index in [1.165, 1.54) is 59.5 Å². The summed E-state index contributed by atoms with van der Waals surface area (Å²) in [4.78, 5) is 0. The fourth-order valence-corrected chi connectivity index (χ4v) is 12.0. The molecule has 0 fully saturated rings. The minimum Gasteiger partial charge on any atom is -0.497 e. The van der Waals surface area contributed by atoms with Crippen molar-refractivity contribution in [1.82, 2.24) is 0 Å². The van der Waals surface area contributed by atoms with Crippen molar-refractivity contribution in [2.75, 3.05) is 28.4 Å². The summed E-state index contributed by atoms with van der Waals surface area (Å²) in [6.45, 7) is 4.60. The molecular formula is C48H56BO4P. The van der Waals surface area contributed by atoms with Gasteiger partial charge in [0.25, 0.3) is 0 Å². The first-order valence-corrected chi connectivity index (χ1v) is 21.0. The van der Waals surface area contributed by atoms with Crippen LogP contribution in [0.15, 0.2) is 158 Å². The molecule has 4 nitrogen and oxygen atoms in total. The number of unbranched alkanes of at least 4 members (excludes halogenated alkanes) is 2. The molecule has 0 aliphatic carbocycles. The van der Waals surface area contributed by atoms with Gasteiger partial charge in [-0.25, -0.2) is 10.9 Å². The standard InChI is InChI=1S/C28H28O4P.C20H28B/c1-29-21-5-13-25(14-6-21)33(26-15-7-22(30-2)8-16-26,27-17-9-23(31-3)10-18-27)28-19-11-24(32-4)12-20-28;1-3-5-17-21(18-6-4-2,19-13-9-7-10-14-19)20-15-11-8-12-16-20/h5-20H,1-4H3;7-16H,3-6,17-18H2,1-2H3/q+1;-1. The van der Waals surface area contributed by atoms with E-state index in [0.717, 1.165) is 23.0 Å². The van der Waals surface area contributed by atoms with Crippen molar-refractivity contribution >= 4 is 45.6 Å². The number of methoxy groups -OCH3 is 4. The van der Waals surface area contributed by atoms with E-state index in [1.807, 2.05) is 48.5 Å². The van der Waals surface area contributed by atoms with Crippen LogP contribution in [-0.4, -0.2) is 34.6 Å². The Morgan fingerprint density at radius 2 is 0.630 bits per heavy atom. The fourth-order valence-electron chi connectivity index (χ4n) is 7.87. The zero-order valence-corrected chi connectivity index (χ0v) is 33.8. The highest BCUT2D eigenvalue weighted by Gasteiger charge is 2.48. The van der Waals surface area contributed by atoms with E-state index >= 15 is 0 Å². The Bertz CT molecular complexity index is 1700. The van der Waals surface area contributed by atoms with Crippen molar-refractivity contribution in [3.63, 3.8) is 0 Å². The molecule has 280 valence electrons. The topological polar surface area (TPSA) is 36.9 Å². The third-order valence-electron chi connectivity index (χ3n) is 10.8. The summed E-state index contributed by atoms with van der Waals surface area (Å²) in [5.74, 6) is 3.32. The Morgan fingerprint density at radius 1 is 0.370 bits per heavy atom. The summed E-state index contributed by atoms with van der Waals surface area (Å²) >= 11 is 0. The molecule has 0 radical (unpaired) electrons. The minimum atomic E-state index is -2.25. The molecule has 0 aliphatic rings. The average molecular weight is 739 g/mol. The summed E-state index contributed by atoms with van der Waals surface area (Å²) in [7, 11) is 4.50. The Labute approximate surface area is 324 Å². The SMILES string of the molecule is CCCC[B-](CCCC)(c1ccccc1)c1ccccc1.COc1ccc([P+](c2ccc(OC)cc2)(c2ccc(OC)cc2)c2ccc(OC)cc2)cc1. The molecule has 6 aromatic carbocycles. The summed E-state index contributed by atoms with van der Waals surface area (Å²) < 4.78 is 21.8. The Kier molecular flexibility index (Phi) is 14.8. The number of benzene rings is 6. The first kappa shape index (κ1) is 40.2. The lowest BCUT2D eigenvalue weighted by Gasteiger charge is -2.42. The molecule has 0 saturated heterocycles. The molecule has 0 heterocycles. The third kappa shape index (κ3) is 9.03. The quantitative estimate of drug-likeness (QED) is 0.0734. The molecule has 0 saturated carbocycles. The van der Waals surface area contributed by atoms with Crippen LogP contribution in [0.25, 0.3) is 0 Å². The van der Waals surface area contributed by atoms with Crippen molar-refractivity contribution in [3.8, 4) is 23.0 Å². The monoisotopic (exact) mass is 738 g/mol. The second-order valence-corrected chi connectivity index (χ2v) is 17.2. The van der Waals surface area contributed by atoms with Crippen LogP contribution in [-0.2, 0) is 0 Å². The minimum absolute atomic E-state index is 0.611. The van der Waals surface area contributed by atoms with E-state index < -0.39 is 13.4 Å². The molecule has 6 aromatic rings. The van der Waals surface area contributed by atoms with Gasteiger partial charge in [0.15, 0.2) is 0 Å². The predicted molar refractivity (Wildman–Crippen MR) is 235 cm³/mol. The van der Waals surface area contributed by atoms with Crippen LogP contribution < -0.4 is 51.1 Å². The molecule has 0 aliphatic heterocycles. The summed E-state index contributed by atoms with van der Waals surface area (Å²) in [6.07, 6.45) is 7.18. The largest absolute Gasteiger partial charge is 0.497 e. The Morgan fingerprint density at radius 3 is 0.852 bits per heavy atom. The smallest absolute Gasteiger partial charge is 0.144 e. The highest BCUT2D eigenvalue weighted by atomic mass is 31.2. The van der Waals surface area contributed by atoms with E-state index in [-0.39, 0.29) is 0 Å². The normalized spacial score (nSPS) is 11.2. The van der Waals surface area contributed by atoms with Crippen LogP contribution in [0.4, 0.5) is 0 Å². The summed E-state index contributed by atoms with van der Waals surface area (Å²) in [5, 5.41) is 4.90. The van der Waals surface area contributed by atoms with Crippen LogP contribution >= 0.6 is 7.26 Å². The van der Waals surface area contributed by atoms with E-state index in [0.29, 0.717) is 0 Å². The van der Waals surface area contributed by atoms with Crippen molar-refractivity contribution < 1.29 is 18.9 Å². The molecule has 0 atom stereocenters. The number of hydrogen-bond donors (Lipinski definition) is 0. The lowest BCUT2D eigenvalue weighted by Crippen LogP contribution is -2.58. The van der Waals surface area contributed by atoms with Crippen molar-refractivity contribution in [2.24, 2.45) is 0 Å². The maximum atomic E-state index is 5.45. The zero-order valence-electron chi connectivity index (χ0n) is 32.9. The van der Waals surface area contributed by atoms with Crippen LogP contribution in [0.1, 0.15) is 39.5 Å². The number of hydrogen-bond acceptors (Lipinski definition) is 4. The van der Waals surface area contributed by atoms with Crippen molar-refractivity contribution in [1.29, 1.82) is 0 Å². The van der Waals surface area contributed by atoms with Gasteiger partial charge in [0.1, 0.15) is 51.5 Å². The second kappa shape index (κ2) is 19.9. The van der Waals surface area contributed by atoms with Gasteiger partial charge in [0, 0.05) is 0 Å². The van der Waals surface area contributed by atoms with Gasteiger partial charge in [-0.1, -0.05) is 100 Å². The zero-order chi connectivity index (χ0) is 38.2. The van der Waals surface area contributed by atoms with Crippen LogP contribution in [0, 0.1) is 0 Å². The van der Waals surface area contributed by atoms with Crippen LogP contribution in [0.5, 0.6) is 23.0 Å². The van der Waals surface area contributed by atoms with Gasteiger partial charge in [0.2, 0.25) is 0 Å². The van der Waals surface area contributed by atoms with E-state index in [9.17, 15) is 0 Å². The molecule has 6 rings (SSSR count). The summed E-state index contributed by atoms with van der Waals surface area (Å²) in [6, 6.07) is 56.1. The van der Waals surface area contributed by atoms with Gasteiger partial charge in [0.05, 0.1) is 34.6 Å². The van der Waals surface area contributed by atoms with Crippen LogP contribution in [0.2, 0.25) is 12.6 Å². The van der Waals surface area contributed by atoms with E-state index in [2.05, 4.69) is 123 Å². The number of rotatable bonds is 16. The summed E-state index contributed by atoms with van der Waals surface area (Å²) in [5.41, 5.74) is 3.09. The van der Waals surface area contributed by atoms with Gasteiger partial charge in [-0.05, 0) is 97.1 Å². The molecule has 0 unspecified atom stereocenters. The predicted octanol–water partition coefficient (Wildman–Crippen LogP) is 9.19. The third-order valence-corrected chi connectivity index (χ3v) is 15.1. The first-order chi connectivity index (χ1) is 26.5. The van der Waals surface area contributed by atoms with Crippen molar-refractivity contribution in [2.45, 2.75) is 52.2 Å². The molecule has 0 bridgehead atoms. The van der Waals surface area contributed by atoms with Gasteiger partial charge < -0.3 is 18.9 Å². The highest BCUT2D eigenvalue weighted by molar-refractivity contribution is 8.01. The second-order valence-electron chi connectivity index (χ2n) is 13.8. The van der Waals surface area contributed by atoms with Crippen LogP contribution in [0.3, 0.4) is 0 Å². The van der Waals surface area contributed by atoms with Gasteiger partial charge >= 0.3 is 0 Å². The van der Waals surface area contributed by atoms with E-state index in [1.54, 1.807) is 39.4 Å². The lowest BCUT2D eigenvalue weighted by molar-refractivity contribution is 0.415. The maximum Gasteiger partial charge on any atom is 0.144 e. The maximum absolute atomic E-state index is 5.45. The Balaban J connectivity index is 0.000000230. The molecule has 54 heavy (non-hydrogen) atoms. The molecular weight excluding hydrogens is 682 g/mol. The van der Waals surface area contributed by atoms with Crippen molar-refractivity contribution in [3.05, 3.63) is 158 Å². The lowest BCUT2D eigenvalue weighted by atomic mass is 9.15. The van der Waals surface area contributed by atoms with E-state index in [4.69, 9.17) is 18.9 Å². The molecule has 0 N–H and O–H groups in total. The molecule has 0 spiro atoms. The first-order valence-electron chi connectivity index (χ1n) is 19.3.